The zero-order valence-corrected chi connectivity index (χ0v) is 16.2. The Morgan fingerprint density at radius 3 is 2.54 bits per heavy atom. The molecule has 1 amide bonds. The fourth-order valence-electron chi connectivity index (χ4n) is 2.86. The Bertz CT molecular complexity index is 798. The molecule has 138 valence electrons. The van der Waals surface area contributed by atoms with E-state index in [4.69, 9.17) is 11.6 Å². The quantitative estimate of drug-likeness (QED) is 0.836. The number of amides is 1. The lowest BCUT2D eigenvalue weighted by atomic mass is 10.1. The van der Waals surface area contributed by atoms with Gasteiger partial charge in [-0.1, -0.05) is 23.7 Å². The number of aliphatic hydroxyl groups is 1. The molecule has 0 spiro atoms. The number of phenols is 1. The molecule has 26 heavy (non-hydrogen) atoms. The van der Waals surface area contributed by atoms with Gasteiger partial charge >= 0.3 is 0 Å². The molecule has 7 heteroatoms. The lowest BCUT2D eigenvalue weighted by Gasteiger charge is -2.26. The van der Waals surface area contributed by atoms with Crippen LogP contribution < -0.4 is 4.90 Å². The summed E-state index contributed by atoms with van der Waals surface area (Å²) >= 11 is 7.58. The smallest absolute Gasteiger partial charge is 0.257 e. The molecule has 2 aromatic carbocycles. The Morgan fingerprint density at radius 1 is 1.19 bits per heavy atom. The minimum atomic E-state index is -1.20. The molecule has 0 saturated carbocycles. The van der Waals surface area contributed by atoms with E-state index < -0.39 is 11.4 Å². The van der Waals surface area contributed by atoms with Crippen LogP contribution in [0.2, 0.25) is 5.02 Å². The fraction of sp³-hybridized carbons (Fsp3) is 0.316. The van der Waals surface area contributed by atoms with Gasteiger partial charge in [-0.2, -0.15) is 0 Å². The van der Waals surface area contributed by atoms with Gasteiger partial charge in [-0.25, -0.2) is 0 Å². The van der Waals surface area contributed by atoms with Crippen molar-refractivity contribution in [3.8, 4) is 5.75 Å². The number of carbonyl (C=O) groups is 1. The van der Waals surface area contributed by atoms with E-state index in [-0.39, 0.29) is 11.7 Å². The van der Waals surface area contributed by atoms with Crippen molar-refractivity contribution in [1.29, 1.82) is 0 Å². The number of likely N-dealkylation sites (N-methyl/N-ethyl adjacent to an activating group) is 1. The van der Waals surface area contributed by atoms with Crippen molar-refractivity contribution in [3.63, 3.8) is 0 Å². The second-order valence-electron chi connectivity index (χ2n) is 6.48. The predicted molar refractivity (Wildman–Crippen MR) is 105 cm³/mol. The van der Waals surface area contributed by atoms with Crippen molar-refractivity contribution in [2.24, 2.45) is 0 Å². The van der Waals surface area contributed by atoms with Gasteiger partial charge < -0.3 is 20.0 Å². The summed E-state index contributed by atoms with van der Waals surface area (Å²) in [5, 5.41) is 20.4. The van der Waals surface area contributed by atoms with Crippen LogP contribution in [0.4, 0.5) is 5.69 Å². The van der Waals surface area contributed by atoms with Gasteiger partial charge in [0.05, 0.1) is 10.9 Å². The summed E-state index contributed by atoms with van der Waals surface area (Å²) in [6.07, 6.45) is -1.20. The van der Waals surface area contributed by atoms with Crippen LogP contribution in [0.25, 0.3) is 0 Å². The Hall–Kier alpha value is -1.73. The first-order chi connectivity index (χ1) is 12.4. The molecular formula is C19H21ClN2O3S. The second-order valence-corrected chi connectivity index (χ2v) is 8.10. The number of rotatable bonds is 4. The highest BCUT2D eigenvalue weighted by Crippen LogP contribution is 2.46. The van der Waals surface area contributed by atoms with Gasteiger partial charge in [-0.05, 0) is 50.0 Å². The Morgan fingerprint density at radius 2 is 1.88 bits per heavy atom. The monoisotopic (exact) mass is 392 g/mol. The maximum atomic E-state index is 13.0. The largest absolute Gasteiger partial charge is 0.508 e. The van der Waals surface area contributed by atoms with Gasteiger partial charge in [0.1, 0.15) is 11.9 Å². The molecule has 5 nitrogen and oxygen atoms in total. The number of aromatic hydroxyl groups is 1. The van der Waals surface area contributed by atoms with Crippen LogP contribution in [-0.2, 0) is 4.79 Å². The Labute approximate surface area is 162 Å². The van der Waals surface area contributed by atoms with Crippen molar-refractivity contribution in [1.82, 2.24) is 4.90 Å². The van der Waals surface area contributed by atoms with Crippen molar-refractivity contribution in [2.75, 3.05) is 32.1 Å². The second kappa shape index (κ2) is 7.88. The fourth-order valence-corrected chi connectivity index (χ4v) is 4.40. The summed E-state index contributed by atoms with van der Waals surface area (Å²) < 4.78 is 0. The van der Waals surface area contributed by atoms with Gasteiger partial charge in [0.2, 0.25) is 0 Å². The van der Waals surface area contributed by atoms with Crippen LogP contribution in [0.1, 0.15) is 10.8 Å². The number of thioether (sulfide) groups is 1. The van der Waals surface area contributed by atoms with E-state index in [9.17, 15) is 15.0 Å². The molecule has 1 aliphatic rings. The number of fused-ring (bicyclic) bond motifs is 1. The van der Waals surface area contributed by atoms with E-state index in [1.54, 1.807) is 35.2 Å². The van der Waals surface area contributed by atoms with Gasteiger partial charge in [0, 0.05) is 23.0 Å². The van der Waals surface area contributed by atoms with E-state index in [0.717, 1.165) is 16.1 Å². The van der Waals surface area contributed by atoms with Crippen LogP contribution in [0.3, 0.4) is 0 Å². The zero-order chi connectivity index (χ0) is 18.8. The summed E-state index contributed by atoms with van der Waals surface area (Å²) in [6, 6.07) is 12.0. The summed E-state index contributed by atoms with van der Waals surface area (Å²) in [5.74, 6) is -0.192. The highest BCUT2D eigenvalue weighted by Gasteiger charge is 2.37. The molecule has 0 saturated heterocycles. The highest BCUT2D eigenvalue weighted by molar-refractivity contribution is 7.99. The topological polar surface area (TPSA) is 64.0 Å². The third-order valence-corrected chi connectivity index (χ3v) is 5.86. The molecule has 2 N–H and O–H groups in total. The molecule has 1 aliphatic heterocycles. The normalized spacial score (nSPS) is 20.2. The number of halogens is 1. The van der Waals surface area contributed by atoms with Crippen LogP contribution in [0.5, 0.6) is 5.75 Å². The molecule has 0 fully saturated rings. The molecule has 2 aromatic rings. The molecule has 0 unspecified atom stereocenters. The van der Waals surface area contributed by atoms with Crippen molar-refractivity contribution in [2.45, 2.75) is 16.2 Å². The lowest BCUT2D eigenvalue weighted by Crippen LogP contribution is -2.43. The minimum Gasteiger partial charge on any atom is -0.508 e. The van der Waals surface area contributed by atoms with Gasteiger partial charge in [-0.15, -0.1) is 11.8 Å². The molecule has 0 radical (unpaired) electrons. The van der Waals surface area contributed by atoms with Gasteiger partial charge in [0.25, 0.3) is 5.91 Å². The summed E-state index contributed by atoms with van der Waals surface area (Å²) in [5.41, 5.74) is 1.53. The van der Waals surface area contributed by atoms with E-state index in [0.29, 0.717) is 18.1 Å². The first-order valence-corrected chi connectivity index (χ1v) is 9.52. The van der Waals surface area contributed by atoms with Crippen molar-refractivity contribution >= 4 is 35.0 Å². The summed E-state index contributed by atoms with van der Waals surface area (Å²) in [6.45, 7) is 1.15. The van der Waals surface area contributed by atoms with Crippen LogP contribution >= 0.6 is 23.4 Å². The number of anilines is 1. The number of nitrogens with zero attached hydrogens (tertiary/aromatic N) is 2. The SMILES string of the molecule is CN(C)CCN1C(=O)[C@@H](O)[C@H](c2ccc(O)cc2)Sc2cc(Cl)ccc21. The van der Waals surface area contributed by atoms with Crippen LogP contribution in [-0.4, -0.2) is 54.3 Å². The minimum absolute atomic E-state index is 0.143. The molecule has 0 bridgehead atoms. The number of carbonyl (C=O) groups excluding carboxylic acids is 1. The maximum Gasteiger partial charge on any atom is 0.257 e. The molecule has 0 aromatic heterocycles. The zero-order valence-electron chi connectivity index (χ0n) is 14.6. The van der Waals surface area contributed by atoms with Crippen molar-refractivity contribution in [3.05, 3.63) is 53.1 Å². The number of hydrogen-bond donors (Lipinski definition) is 2. The molecular weight excluding hydrogens is 372 g/mol. The van der Waals surface area contributed by atoms with Crippen molar-refractivity contribution < 1.29 is 15.0 Å². The van der Waals surface area contributed by atoms with Gasteiger partial charge in [-0.3, -0.25) is 4.79 Å². The lowest BCUT2D eigenvalue weighted by molar-refractivity contribution is -0.126. The van der Waals surface area contributed by atoms with E-state index in [1.165, 1.54) is 11.8 Å². The molecule has 0 aliphatic carbocycles. The number of hydrogen-bond acceptors (Lipinski definition) is 5. The average molecular weight is 393 g/mol. The summed E-state index contributed by atoms with van der Waals surface area (Å²) in [4.78, 5) is 17.5. The Kier molecular flexibility index (Phi) is 5.77. The van der Waals surface area contributed by atoms with E-state index in [2.05, 4.69) is 0 Å². The first-order valence-electron chi connectivity index (χ1n) is 8.26. The molecule has 3 rings (SSSR count). The third-order valence-electron chi connectivity index (χ3n) is 4.26. The third kappa shape index (κ3) is 3.99. The average Bonchev–Trinajstić information content (AvgIpc) is 2.70. The highest BCUT2D eigenvalue weighted by atomic mass is 35.5. The summed E-state index contributed by atoms with van der Waals surface area (Å²) in [7, 11) is 3.88. The van der Waals surface area contributed by atoms with Crippen LogP contribution in [0, 0.1) is 0 Å². The number of aliphatic hydroxyl groups excluding tert-OH is 1. The van der Waals surface area contributed by atoms with E-state index >= 15 is 0 Å². The predicted octanol–water partition coefficient (Wildman–Crippen LogP) is 3.15. The van der Waals surface area contributed by atoms with Crippen LogP contribution in [0.15, 0.2) is 47.4 Å². The number of phenolic OH excluding ortho intramolecular Hbond substituents is 1. The Balaban J connectivity index is 2.03. The number of benzene rings is 2. The van der Waals surface area contributed by atoms with Gasteiger partial charge in [0.15, 0.2) is 0 Å². The molecule has 1 heterocycles. The molecule has 2 atom stereocenters. The standard InChI is InChI=1S/C19H21ClN2O3S/c1-21(2)9-10-22-15-8-5-13(20)11-16(15)26-18(17(24)19(22)25)12-3-6-14(23)7-4-12/h3-8,11,17-18,23-24H,9-10H2,1-2H3/t17-,18-/m0/s1. The maximum absolute atomic E-state index is 13.0. The first kappa shape index (κ1) is 19.0. The van der Waals surface area contributed by atoms with E-state index in [1.807, 2.05) is 31.1 Å².